The van der Waals surface area contributed by atoms with E-state index in [1.54, 1.807) is 12.1 Å². The molecule has 0 radical (unpaired) electrons. The highest BCUT2D eigenvalue weighted by molar-refractivity contribution is 7.89. The van der Waals surface area contributed by atoms with Crippen LogP contribution in [0.3, 0.4) is 0 Å². The summed E-state index contributed by atoms with van der Waals surface area (Å²) in [6, 6.07) is 6.12. The number of aromatic nitrogens is 2. The number of imidazole rings is 1. The molecule has 1 N–H and O–H groups in total. The highest BCUT2D eigenvalue weighted by Crippen LogP contribution is 2.23. The van der Waals surface area contributed by atoms with E-state index < -0.39 is 16.0 Å². The Kier molecular flexibility index (Phi) is 2.92. The lowest BCUT2D eigenvalue weighted by atomic mass is 10.1. The lowest BCUT2D eigenvalue weighted by Gasteiger charge is -2.07. The van der Waals surface area contributed by atoms with Gasteiger partial charge in [-0.3, -0.25) is 0 Å². The van der Waals surface area contributed by atoms with E-state index in [1.165, 1.54) is 24.5 Å². The Morgan fingerprint density at radius 2 is 2.00 bits per heavy atom. The smallest absolute Gasteiger partial charge is 0.336 e. The SMILES string of the molecule is CS(=O)(=O)n1ccnc1-c1ccccc1C(=O)O. The molecule has 1 heterocycles. The molecule has 2 rings (SSSR count). The summed E-state index contributed by atoms with van der Waals surface area (Å²) in [5.74, 6) is -1.04. The second kappa shape index (κ2) is 4.26. The van der Waals surface area contributed by atoms with Crippen LogP contribution in [0.1, 0.15) is 10.4 Å². The molecule has 2 aromatic rings. The average Bonchev–Trinajstić information content (AvgIpc) is 2.77. The summed E-state index contributed by atoms with van der Waals surface area (Å²) in [4.78, 5) is 15.0. The van der Waals surface area contributed by atoms with Crippen molar-refractivity contribution >= 4 is 16.0 Å². The van der Waals surface area contributed by atoms with Crippen LogP contribution in [0.4, 0.5) is 0 Å². The lowest BCUT2D eigenvalue weighted by molar-refractivity contribution is 0.0697. The average molecular weight is 266 g/mol. The molecule has 0 atom stereocenters. The fraction of sp³-hybridized carbons (Fsp3) is 0.0909. The first-order valence-corrected chi connectivity index (χ1v) is 6.82. The Labute approximate surface area is 104 Å². The van der Waals surface area contributed by atoms with Crippen LogP contribution in [-0.2, 0) is 10.0 Å². The maximum absolute atomic E-state index is 11.5. The van der Waals surface area contributed by atoms with E-state index in [1.807, 2.05) is 0 Å². The predicted molar refractivity (Wildman–Crippen MR) is 64.9 cm³/mol. The predicted octanol–water partition coefficient (Wildman–Crippen LogP) is 1.06. The van der Waals surface area contributed by atoms with Crippen LogP contribution in [0.15, 0.2) is 36.7 Å². The first kappa shape index (κ1) is 12.3. The molecule has 0 spiro atoms. The van der Waals surface area contributed by atoms with Crippen molar-refractivity contribution in [1.82, 2.24) is 8.96 Å². The van der Waals surface area contributed by atoms with Gasteiger partial charge in [-0.05, 0) is 6.07 Å². The zero-order chi connectivity index (χ0) is 13.3. The fourth-order valence-corrected chi connectivity index (χ4v) is 2.35. The Balaban J connectivity index is 2.71. The van der Waals surface area contributed by atoms with Crippen LogP contribution in [0, 0.1) is 0 Å². The number of carbonyl (C=O) groups is 1. The molecule has 7 heteroatoms. The van der Waals surface area contributed by atoms with Crippen LogP contribution in [0.5, 0.6) is 0 Å². The van der Waals surface area contributed by atoms with Gasteiger partial charge in [-0.1, -0.05) is 18.2 Å². The molecule has 0 aliphatic carbocycles. The van der Waals surface area contributed by atoms with Gasteiger partial charge in [-0.2, -0.15) is 0 Å². The second-order valence-corrected chi connectivity index (χ2v) is 5.52. The van der Waals surface area contributed by atoms with Gasteiger partial charge in [0.1, 0.15) is 0 Å². The summed E-state index contributed by atoms with van der Waals surface area (Å²) in [7, 11) is -3.52. The highest BCUT2D eigenvalue weighted by atomic mass is 32.2. The van der Waals surface area contributed by atoms with Crippen LogP contribution in [0.25, 0.3) is 11.4 Å². The van der Waals surface area contributed by atoms with Crippen LogP contribution >= 0.6 is 0 Å². The third-order valence-corrected chi connectivity index (χ3v) is 3.37. The van der Waals surface area contributed by atoms with Gasteiger partial charge >= 0.3 is 5.97 Å². The minimum Gasteiger partial charge on any atom is -0.478 e. The Morgan fingerprint density at radius 1 is 1.33 bits per heavy atom. The molecular weight excluding hydrogens is 256 g/mol. The normalized spacial score (nSPS) is 11.4. The maximum Gasteiger partial charge on any atom is 0.336 e. The lowest BCUT2D eigenvalue weighted by Crippen LogP contribution is -2.12. The van der Waals surface area contributed by atoms with Crippen molar-refractivity contribution in [1.29, 1.82) is 0 Å². The third-order valence-electron chi connectivity index (χ3n) is 2.36. The van der Waals surface area contributed by atoms with E-state index in [4.69, 9.17) is 5.11 Å². The number of rotatable bonds is 3. The number of hydrogen-bond donors (Lipinski definition) is 1. The van der Waals surface area contributed by atoms with Gasteiger partial charge in [0.15, 0.2) is 5.82 Å². The zero-order valence-corrected chi connectivity index (χ0v) is 10.3. The molecule has 1 aromatic heterocycles. The Bertz CT molecular complexity index is 703. The molecule has 0 unspecified atom stereocenters. The largest absolute Gasteiger partial charge is 0.478 e. The van der Waals surface area contributed by atoms with Gasteiger partial charge in [-0.25, -0.2) is 22.2 Å². The molecular formula is C11H10N2O4S. The maximum atomic E-state index is 11.5. The van der Waals surface area contributed by atoms with Gasteiger partial charge in [0, 0.05) is 18.0 Å². The number of carboxylic acids is 1. The van der Waals surface area contributed by atoms with Crippen molar-refractivity contribution in [2.45, 2.75) is 0 Å². The number of aromatic carboxylic acids is 1. The van der Waals surface area contributed by atoms with Crippen molar-refractivity contribution in [2.24, 2.45) is 0 Å². The van der Waals surface area contributed by atoms with Crippen molar-refractivity contribution in [2.75, 3.05) is 6.26 Å². The molecule has 0 bridgehead atoms. The van der Waals surface area contributed by atoms with E-state index in [-0.39, 0.29) is 17.0 Å². The molecule has 0 fully saturated rings. The van der Waals surface area contributed by atoms with Gasteiger partial charge in [0.25, 0.3) is 0 Å². The molecule has 94 valence electrons. The van der Waals surface area contributed by atoms with E-state index in [2.05, 4.69) is 4.98 Å². The van der Waals surface area contributed by atoms with Gasteiger partial charge in [0.05, 0.1) is 11.8 Å². The summed E-state index contributed by atoms with van der Waals surface area (Å²) in [6.07, 6.45) is 3.62. The Hall–Kier alpha value is -2.15. The standard InChI is InChI=1S/C11H10N2O4S/c1-18(16,17)13-7-6-12-10(13)8-4-2-3-5-9(8)11(14)15/h2-7H,1H3,(H,14,15). The fourth-order valence-electron chi connectivity index (χ4n) is 1.61. The Morgan fingerprint density at radius 3 is 2.61 bits per heavy atom. The molecule has 0 saturated carbocycles. The molecule has 0 amide bonds. The van der Waals surface area contributed by atoms with Crippen molar-refractivity contribution in [3.05, 3.63) is 42.2 Å². The number of hydrogen-bond acceptors (Lipinski definition) is 4. The third kappa shape index (κ3) is 2.12. The first-order chi connectivity index (χ1) is 8.41. The number of nitrogens with zero attached hydrogens (tertiary/aromatic N) is 2. The van der Waals surface area contributed by atoms with E-state index in [0.29, 0.717) is 0 Å². The van der Waals surface area contributed by atoms with E-state index in [9.17, 15) is 13.2 Å². The molecule has 0 saturated heterocycles. The van der Waals surface area contributed by atoms with Crippen molar-refractivity contribution < 1.29 is 18.3 Å². The van der Waals surface area contributed by atoms with E-state index >= 15 is 0 Å². The van der Waals surface area contributed by atoms with Crippen LogP contribution in [-0.4, -0.2) is 34.7 Å². The summed E-state index contributed by atoms with van der Waals surface area (Å²) in [5.41, 5.74) is 0.272. The minimum atomic E-state index is -3.52. The van der Waals surface area contributed by atoms with Crippen LogP contribution < -0.4 is 0 Å². The summed E-state index contributed by atoms with van der Waals surface area (Å²) >= 11 is 0. The number of benzene rings is 1. The summed E-state index contributed by atoms with van der Waals surface area (Å²) < 4.78 is 24.0. The highest BCUT2D eigenvalue weighted by Gasteiger charge is 2.18. The molecule has 18 heavy (non-hydrogen) atoms. The second-order valence-electron chi connectivity index (χ2n) is 3.66. The van der Waals surface area contributed by atoms with Crippen molar-refractivity contribution in [3.8, 4) is 11.4 Å². The van der Waals surface area contributed by atoms with Gasteiger partial charge < -0.3 is 5.11 Å². The van der Waals surface area contributed by atoms with Crippen LogP contribution in [0.2, 0.25) is 0 Å². The van der Waals surface area contributed by atoms with E-state index in [0.717, 1.165) is 10.2 Å². The van der Waals surface area contributed by atoms with Gasteiger partial charge in [-0.15, -0.1) is 0 Å². The molecule has 0 aliphatic rings. The van der Waals surface area contributed by atoms with Gasteiger partial charge in [0.2, 0.25) is 10.0 Å². The first-order valence-electron chi connectivity index (χ1n) is 4.98. The minimum absolute atomic E-state index is 0.00796. The van der Waals surface area contributed by atoms with Crippen molar-refractivity contribution in [3.63, 3.8) is 0 Å². The topological polar surface area (TPSA) is 89.3 Å². The quantitative estimate of drug-likeness (QED) is 0.897. The monoisotopic (exact) mass is 266 g/mol. The number of carboxylic acid groups (broad SMARTS) is 1. The molecule has 1 aromatic carbocycles. The zero-order valence-electron chi connectivity index (χ0n) is 9.44. The summed E-state index contributed by atoms with van der Waals surface area (Å²) in [6.45, 7) is 0. The summed E-state index contributed by atoms with van der Waals surface area (Å²) in [5, 5.41) is 9.07. The molecule has 6 nitrogen and oxygen atoms in total. The molecule has 0 aliphatic heterocycles.